The van der Waals surface area contributed by atoms with Gasteiger partial charge in [0.2, 0.25) is 5.91 Å². The summed E-state index contributed by atoms with van der Waals surface area (Å²) in [7, 11) is 0. The van der Waals surface area contributed by atoms with Gasteiger partial charge in [-0.15, -0.1) is 11.3 Å². The van der Waals surface area contributed by atoms with E-state index < -0.39 is 0 Å². The van der Waals surface area contributed by atoms with Gasteiger partial charge in [0.05, 0.1) is 4.88 Å². The van der Waals surface area contributed by atoms with E-state index in [1.807, 2.05) is 24.4 Å². The number of amides is 1. The van der Waals surface area contributed by atoms with Crippen LogP contribution in [0.3, 0.4) is 0 Å². The van der Waals surface area contributed by atoms with Gasteiger partial charge in [-0.2, -0.15) is 0 Å². The Hall–Kier alpha value is -1.16. The van der Waals surface area contributed by atoms with Crippen molar-refractivity contribution in [1.82, 2.24) is 5.32 Å². The fourth-order valence-electron chi connectivity index (χ4n) is 1.26. The first-order valence-electron chi connectivity index (χ1n) is 5.07. The van der Waals surface area contributed by atoms with Crippen molar-refractivity contribution in [2.75, 3.05) is 6.54 Å². The monoisotopic (exact) mass is 225 g/mol. The number of nitrogens with one attached hydrogen (secondary N) is 1. The van der Waals surface area contributed by atoms with Crippen molar-refractivity contribution in [2.24, 2.45) is 0 Å². The Balaban J connectivity index is 2.21. The topological polar surface area (TPSA) is 46.2 Å². The summed E-state index contributed by atoms with van der Waals surface area (Å²) in [6.07, 6.45) is 1.52. The van der Waals surface area contributed by atoms with Crippen LogP contribution in [0.5, 0.6) is 0 Å². The molecule has 1 N–H and O–H groups in total. The van der Waals surface area contributed by atoms with Gasteiger partial charge in [0.15, 0.2) is 5.78 Å². The first-order chi connectivity index (χ1) is 7.24. The van der Waals surface area contributed by atoms with Crippen molar-refractivity contribution in [3.63, 3.8) is 0 Å². The lowest BCUT2D eigenvalue weighted by Crippen LogP contribution is -2.22. The normalized spacial score (nSPS) is 9.93. The quantitative estimate of drug-likeness (QED) is 0.755. The minimum absolute atomic E-state index is 0.0245. The zero-order chi connectivity index (χ0) is 11.1. The van der Waals surface area contributed by atoms with E-state index in [1.165, 1.54) is 11.3 Å². The Labute approximate surface area is 93.5 Å². The highest BCUT2D eigenvalue weighted by atomic mass is 32.1. The molecule has 0 aliphatic heterocycles. The van der Waals surface area contributed by atoms with Gasteiger partial charge in [0, 0.05) is 19.4 Å². The number of rotatable bonds is 6. The van der Waals surface area contributed by atoms with E-state index in [0.29, 0.717) is 25.8 Å². The predicted molar refractivity (Wildman–Crippen MR) is 61.2 cm³/mol. The standard InChI is InChI=1S/C11H15NO2S/c1-2-12-11(14)7-3-5-9(13)10-6-4-8-15-10/h4,6,8H,2-3,5,7H2,1H3,(H,12,14). The van der Waals surface area contributed by atoms with Crippen LogP contribution in [-0.2, 0) is 4.79 Å². The van der Waals surface area contributed by atoms with Gasteiger partial charge in [-0.05, 0) is 24.8 Å². The third kappa shape index (κ3) is 4.25. The Morgan fingerprint density at radius 3 is 2.80 bits per heavy atom. The maximum absolute atomic E-state index is 11.5. The first kappa shape index (κ1) is 11.9. The highest BCUT2D eigenvalue weighted by Crippen LogP contribution is 2.12. The van der Waals surface area contributed by atoms with Gasteiger partial charge in [-0.25, -0.2) is 0 Å². The molecule has 0 saturated carbocycles. The van der Waals surface area contributed by atoms with E-state index in [0.717, 1.165) is 4.88 Å². The van der Waals surface area contributed by atoms with Crippen LogP contribution in [0.4, 0.5) is 0 Å². The minimum Gasteiger partial charge on any atom is -0.356 e. The average molecular weight is 225 g/mol. The largest absolute Gasteiger partial charge is 0.356 e. The molecule has 15 heavy (non-hydrogen) atoms. The lowest BCUT2D eigenvalue weighted by Gasteiger charge is -2.00. The van der Waals surface area contributed by atoms with Crippen LogP contribution in [-0.4, -0.2) is 18.2 Å². The fourth-order valence-corrected chi connectivity index (χ4v) is 1.95. The van der Waals surface area contributed by atoms with Crippen molar-refractivity contribution in [1.29, 1.82) is 0 Å². The van der Waals surface area contributed by atoms with Crippen LogP contribution in [0, 0.1) is 0 Å². The van der Waals surface area contributed by atoms with Crippen LogP contribution in [0.25, 0.3) is 0 Å². The second-order valence-corrected chi connectivity index (χ2v) is 4.16. The van der Waals surface area contributed by atoms with Crippen molar-refractivity contribution < 1.29 is 9.59 Å². The third-order valence-corrected chi connectivity index (χ3v) is 2.89. The second kappa shape index (κ2) is 6.35. The molecule has 0 bridgehead atoms. The van der Waals surface area contributed by atoms with Gasteiger partial charge < -0.3 is 5.32 Å². The summed E-state index contributed by atoms with van der Waals surface area (Å²) < 4.78 is 0. The summed E-state index contributed by atoms with van der Waals surface area (Å²) >= 11 is 1.45. The molecule has 0 aliphatic carbocycles. The van der Waals surface area contributed by atoms with Gasteiger partial charge in [-0.1, -0.05) is 6.07 Å². The molecule has 1 heterocycles. The highest BCUT2D eigenvalue weighted by Gasteiger charge is 2.07. The Kier molecular flexibility index (Phi) is 5.04. The fraction of sp³-hybridized carbons (Fsp3) is 0.455. The number of ketones is 1. The molecule has 0 aliphatic rings. The molecule has 0 spiro atoms. The zero-order valence-corrected chi connectivity index (χ0v) is 9.60. The Morgan fingerprint density at radius 1 is 1.40 bits per heavy atom. The third-order valence-electron chi connectivity index (χ3n) is 1.98. The van der Waals surface area contributed by atoms with Gasteiger partial charge in [0.25, 0.3) is 0 Å². The van der Waals surface area contributed by atoms with Crippen LogP contribution in [0.1, 0.15) is 35.9 Å². The zero-order valence-electron chi connectivity index (χ0n) is 8.79. The molecule has 1 rings (SSSR count). The van der Waals surface area contributed by atoms with Crippen LogP contribution < -0.4 is 5.32 Å². The molecule has 1 aromatic rings. The second-order valence-electron chi connectivity index (χ2n) is 3.21. The molecule has 0 saturated heterocycles. The van der Waals surface area contributed by atoms with E-state index in [2.05, 4.69) is 5.32 Å². The number of carbonyl (C=O) groups excluding carboxylic acids is 2. The molecule has 4 heteroatoms. The van der Waals surface area contributed by atoms with E-state index >= 15 is 0 Å². The highest BCUT2D eigenvalue weighted by molar-refractivity contribution is 7.12. The van der Waals surface area contributed by atoms with Crippen molar-refractivity contribution in [3.05, 3.63) is 22.4 Å². The summed E-state index contributed by atoms with van der Waals surface area (Å²) in [4.78, 5) is 23.4. The van der Waals surface area contributed by atoms with Crippen LogP contribution >= 0.6 is 11.3 Å². The molecular weight excluding hydrogens is 210 g/mol. The maximum atomic E-state index is 11.5. The summed E-state index contributed by atoms with van der Waals surface area (Å²) in [5.74, 6) is 0.158. The van der Waals surface area contributed by atoms with E-state index in [-0.39, 0.29) is 11.7 Å². The van der Waals surface area contributed by atoms with Crippen molar-refractivity contribution >= 4 is 23.0 Å². The smallest absolute Gasteiger partial charge is 0.219 e. The van der Waals surface area contributed by atoms with Crippen molar-refractivity contribution in [2.45, 2.75) is 26.2 Å². The van der Waals surface area contributed by atoms with E-state index in [4.69, 9.17) is 0 Å². The minimum atomic E-state index is 0.0245. The number of hydrogen-bond acceptors (Lipinski definition) is 3. The number of carbonyl (C=O) groups is 2. The molecule has 82 valence electrons. The molecule has 1 aromatic heterocycles. The summed E-state index contributed by atoms with van der Waals surface area (Å²) in [5.41, 5.74) is 0. The molecular formula is C11H15NO2S. The van der Waals surface area contributed by atoms with E-state index in [1.54, 1.807) is 0 Å². The van der Waals surface area contributed by atoms with Crippen LogP contribution in [0.2, 0.25) is 0 Å². The van der Waals surface area contributed by atoms with E-state index in [9.17, 15) is 9.59 Å². The molecule has 0 radical (unpaired) electrons. The summed E-state index contributed by atoms with van der Waals surface area (Å²) in [6, 6.07) is 3.68. The Morgan fingerprint density at radius 2 is 2.20 bits per heavy atom. The summed E-state index contributed by atoms with van der Waals surface area (Å²) in [5, 5.41) is 4.59. The number of Topliss-reactive ketones (excluding diaryl/α,β-unsaturated/α-hetero) is 1. The predicted octanol–water partition coefficient (Wildman–Crippen LogP) is 2.24. The van der Waals surface area contributed by atoms with Gasteiger partial charge in [0.1, 0.15) is 0 Å². The Bertz CT molecular complexity index is 319. The lowest BCUT2D eigenvalue weighted by molar-refractivity contribution is -0.121. The average Bonchev–Trinajstić information content (AvgIpc) is 2.70. The molecule has 0 unspecified atom stereocenters. The first-order valence-corrected chi connectivity index (χ1v) is 5.95. The maximum Gasteiger partial charge on any atom is 0.219 e. The van der Waals surface area contributed by atoms with Gasteiger partial charge in [-0.3, -0.25) is 9.59 Å². The molecule has 0 atom stereocenters. The summed E-state index contributed by atoms with van der Waals surface area (Å²) in [6.45, 7) is 2.53. The lowest BCUT2D eigenvalue weighted by atomic mass is 10.1. The number of hydrogen-bond donors (Lipinski definition) is 1. The van der Waals surface area contributed by atoms with Gasteiger partial charge >= 0.3 is 0 Å². The SMILES string of the molecule is CCNC(=O)CCCC(=O)c1cccs1. The molecule has 0 aromatic carbocycles. The molecule has 1 amide bonds. The van der Waals surface area contributed by atoms with Crippen molar-refractivity contribution in [3.8, 4) is 0 Å². The molecule has 3 nitrogen and oxygen atoms in total. The van der Waals surface area contributed by atoms with Crippen LogP contribution in [0.15, 0.2) is 17.5 Å². The molecule has 0 fully saturated rings. The number of thiophene rings is 1.